The van der Waals surface area contributed by atoms with Crippen molar-refractivity contribution in [2.75, 3.05) is 57.8 Å². The van der Waals surface area contributed by atoms with Crippen molar-refractivity contribution in [1.29, 1.82) is 0 Å². The summed E-state index contributed by atoms with van der Waals surface area (Å²) in [5.41, 5.74) is 4.22. The fourth-order valence-electron chi connectivity index (χ4n) is 4.80. The van der Waals surface area contributed by atoms with Crippen molar-refractivity contribution in [2.24, 2.45) is 0 Å². The Labute approximate surface area is 181 Å². The molecule has 4 heteroatoms. The molecule has 0 amide bonds. The van der Waals surface area contributed by atoms with E-state index in [-0.39, 0.29) is 0 Å². The van der Waals surface area contributed by atoms with Crippen LogP contribution >= 0.6 is 0 Å². The second-order valence-electron chi connectivity index (χ2n) is 8.37. The number of rotatable bonds is 7. The van der Waals surface area contributed by atoms with Crippen molar-refractivity contribution in [1.82, 2.24) is 9.80 Å². The SMILES string of the molecule is C#CCN(CCN1CCN(c2ccccc2)CC1)C1CCc2ccc(OC)cc2C1. The Morgan fingerprint density at radius 1 is 1.07 bits per heavy atom. The lowest BCUT2D eigenvalue weighted by atomic mass is 9.87. The van der Waals surface area contributed by atoms with Gasteiger partial charge in [-0.15, -0.1) is 6.42 Å². The number of ether oxygens (including phenoxy) is 1. The van der Waals surface area contributed by atoms with Gasteiger partial charge in [-0.1, -0.05) is 30.2 Å². The third kappa shape index (κ3) is 4.98. The summed E-state index contributed by atoms with van der Waals surface area (Å²) in [5, 5.41) is 0. The Kier molecular flexibility index (Phi) is 6.94. The molecule has 0 bridgehead atoms. The minimum Gasteiger partial charge on any atom is -0.497 e. The number of para-hydroxylation sites is 1. The Bertz CT molecular complexity index is 852. The Morgan fingerprint density at radius 2 is 1.87 bits per heavy atom. The Hall–Kier alpha value is -2.48. The van der Waals surface area contributed by atoms with Gasteiger partial charge in [0.15, 0.2) is 0 Å². The van der Waals surface area contributed by atoms with Gasteiger partial charge in [0.1, 0.15) is 5.75 Å². The zero-order chi connectivity index (χ0) is 20.8. The maximum Gasteiger partial charge on any atom is 0.119 e. The molecular formula is C26H33N3O. The largest absolute Gasteiger partial charge is 0.497 e. The van der Waals surface area contributed by atoms with Crippen molar-refractivity contribution in [3.05, 3.63) is 59.7 Å². The molecule has 0 aromatic heterocycles. The van der Waals surface area contributed by atoms with Crippen molar-refractivity contribution >= 4 is 5.69 Å². The predicted octanol–water partition coefficient (Wildman–Crippen LogP) is 3.31. The number of aryl methyl sites for hydroxylation is 1. The predicted molar refractivity (Wildman–Crippen MR) is 124 cm³/mol. The van der Waals surface area contributed by atoms with E-state index in [0.717, 1.165) is 64.4 Å². The molecule has 1 atom stereocenters. The first-order valence-corrected chi connectivity index (χ1v) is 11.1. The Balaban J connectivity index is 1.31. The number of hydrogen-bond acceptors (Lipinski definition) is 4. The molecular weight excluding hydrogens is 370 g/mol. The average Bonchev–Trinajstić information content (AvgIpc) is 2.82. The molecule has 1 fully saturated rings. The van der Waals surface area contributed by atoms with E-state index in [1.165, 1.54) is 23.2 Å². The summed E-state index contributed by atoms with van der Waals surface area (Å²) in [6.45, 7) is 7.28. The second kappa shape index (κ2) is 10.0. The van der Waals surface area contributed by atoms with Crippen LogP contribution in [0.3, 0.4) is 0 Å². The number of methoxy groups -OCH3 is 1. The number of benzene rings is 2. The number of terminal acetylenes is 1. The number of nitrogens with zero attached hydrogens (tertiary/aromatic N) is 3. The highest BCUT2D eigenvalue weighted by Crippen LogP contribution is 2.28. The van der Waals surface area contributed by atoms with E-state index in [9.17, 15) is 0 Å². The van der Waals surface area contributed by atoms with Gasteiger partial charge in [-0.2, -0.15) is 0 Å². The monoisotopic (exact) mass is 403 g/mol. The third-order valence-electron chi connectivity index (χ3n) is 6.62. The quantitative estimate of drug-likeness (QED) is 0.660. The molecule has 158 valence electrons. The zero-order valence-corrected chi connectivity index (χ0v) is 18.1. The van der Waals surface area contributed by atoms with Gasteiger partial charge in [0, 0.05) is 51.0 Å². The summed E-state index contributed by atoms with van der Waals surface area (Å²) in [4.78, 5) is 7.59. The van der Waals surface area contributed by atoms with Gasteiger partial charge in [0.2, 0.25) is 0 Å². The van der Waals surface area contributed by atoms with Crippen molar-refractivity contribution < 1.29 is 4.74 Å². The molecule has 1 heterocycles. The maximum absolute atomic E-state index is 5.74. The first-order chi connectivity index (χ1) is 14.8. The molecule has 0 spiro atoms. The fraction of sp³-hybridized carbons (Fsp3) is 0.462. The van der Waals surface area contributed by atoms with Crippen LogP contribution in [0.25, 0.3) is 0 Å². The van der Waals surface area contributed by atoms with Gasteiger partial charge in [-0.25, -0.2) is 0 Å². The van der Waals surface area contributed by atoms with Crippen LogP contribution in [0.2, 0.25) is 0 Å². The summed E-state index contributed by atoms with van der Waals surface area (Å²) in [6, 6.07) is 17.8. The molecule has 1 aliphatic heterocycles. The minimum absolute atomic E-state index is 0.520. The minimum atomic E-state index is 0.520. The fourth-order valence-corrected chi connectivity index (χ4v) is 4.80. The smallest absolute Gasteiger partial charge is 0.119 e. The molecule has 4 rings (SSSR count). The van der Waals surface area contributed by atoms with Gasteiger partial charge >= 0.3 is 0 Å². The summed E-state index contributed by atoms with van der Waals surface area (Å²) < 4.78 is 5.43. The van der Waals surface area contributed by atoms with Crippen LogP contribution in [0.4, 0.5) is 5.69 Å². The lowest BCUT2D eigenvalue weighted by Crippen LogP contribution is -2.50. The number of fused-ring (bicyclic) bond motifs is 1. The molecule has 4 nitrogen and oxygen atoms in total. The topological polar surface area (TPSA) is 19.0 Å². The van der Waals surface area contributed by atoms with E-state index in [0.29, 0.717) is 6.04 Å². The highest BCUT2D eigenvalue weighted by Gasteiger charge is 2.25. The molecule has 1 aliphatic carbocycles. The average molecular weight is 404 g/mol. The molecule has 0 N–H and O–H groups in total. The third-order valence-corrected chi connectivity index (χ3v) is 6.62. The van der Waals surface area contributed by atoms with Gasteiger partial charge in [-0.3, -0.25) is 9.80 Å². The van der Waals surface area contributed by atoms with Gasteiger partial charge < -0.3 is 9.64 Å². The van der Waals surface area contributed by atoms with E-state index < -0.39 is 0 Å². The van der Waals surface area contributed by atoms with Crippen LogP contribution in [-0.4, -0.2) is 68.8 Å². The van der Waals surface area contributed by atoms with Crippen LogP contribution in [0.15, 0.2) is 48.5 Å². The first kappa shape index (κ1) is 20.8. The maximum atomic E-state index is 5.74. The molecule has 30 heavy (non-hydrogen) atoms. The van der Waals surface area contributed by atoms with Crippen LogP contribution in [0.5, 0.6) is 5.75 Å². The Morgan fingerprint density at radius 3 is 2.60 bits per heavy atom. The molecule has 2 aromatic rings. The number of piperazine rings is 1. The summed E-state index contributed by atoms with van der Waals surface area (Å²) in [5.74, 6) is 3.86. The van der Waals surface area contributed by atoms with Crippen LogP contribution in [-0.2, 0) is 12.8 Å². The van der Waals surface area contributed by atoms with Crippen molar-refractivity contribution in [3.8, 4) is 18.1 Å². The summed E-state index contributed by atoms with van der Waals surface area (Å²) >= 11 is 0. The normalized spacial score (nSPS) is 19.4. The highest BCUT2D eigenvalue weighted by atomic mass is 16.5. The highest BCUT2D eigenvalue weighted by molar-refractivity contribution is 5.46. The van der Waals surface area contributed by atoms with Gasteiger partial charge in [-0.05, 0) is 54.7 Å². The van der Waals surface area contributed by atoms with E-state index in [1.54, 1.807) is 7.11 Å². The summed E-state index contributed by atoms with van der Waals surface area (Å²) in [6.07, 6.45) is 9.11. The standard InChI is InChI=1S/C26H33N3O/c1-3-13-28(25-11-9-22-10-12-26(30-2)21-23(22)20-25)17-14-27-15-18-29(19-16-27)24-7-5-4-6-8-24/h1,4-8,10,12,21,25H,9,11,13-20H2,2H3. The molecule has 1 unspecified atom stereocenters. The lowest BCUT2D eigenvalue weighted by Gasteiger charge is -2.39. The van der Waals surface area contributed by atoms with Crippen LogP contribution in [0, 0.1) is 12.3 Å². The van der Waals surface area contributed by atoms with Crippen LogP contribution < -0.4 is 9.64 Å². The molecule has 0 radical (unpaired) electrons. The molecule has 2 aliphatic rings. The van der Waals surface area contributed by atoms with Gasteiger partial charge in [0.05, 0.1) is 13.7 Å². The van der Waals surface area contributed by atoms with Crippen molar-refractivity contribution in [2.45, 2.75) is 25.3 Å². The molecule has 2 aromatic carbocycles. The summed E-state index contributed by atoms with van der Waals surface area (Å²) in [7, 11) is 1.74. The van der Waals surface area contributed by atoms with E-state index in [4.69, 9.17) is 11.2 Å². The zero-order valence-electron chi connectivity index (χ0n) is 18.1. The molecule has 1 saturated heterocycles. The second-order valence-corrected chi connectivity index (χ2v) is 8.37. The van der Waals surface area contributed by atoms with E-state index in [1.807, 2.05) is 0 Å². The number of anilines is 1. The van der Waals surface area contributed by atoms with Crippen LogP contribution in [0.1, 0.15) is 17.5 Å². The number of hydrogen-bond donors (Lipinski definition) is 0. The van der Waals surface area contributed by atoms with E-state index in [2.05, 4.69) is 69.2 Å². The van der Waals surface area contributed by atoms with Gasteiger partial charge in [0.25, 0.3) is 0 Å². The van der Waals surface area contributed by atoms with E-state index >= 15 is 0 Å². The molecule has 0 saturated carbocycles. The van der Waals surface area contributed by atoms with Crippen molar-refractivity contribution in [3.63, 3.8) is 0 Å². The first-order valence-electron chi connectivity index (χ1n) is 11.1. The lowest BCUT2D eigenvalue weighted by molar-refractivity contribution is 0.160.